The van der Waals surface area contributed by atoms with Crippen LogP contribution in [0.5, 0.6) is 5.88 Å². The van der Waals surface area contributed by atoms with Gasteiger partial charge in [-0.05, 0) is 13.0 Å². The number of rotatable bonds is 3. The highest BCUT2D eigenvalue weighted by Gasteiger charge is 2.14. The van der Waals surface area contributed by atoms with Gasteiger partial charge in [-0.15, -0.1) is 0 Å². The van der Waals surface area contributed by atoms with E-state index in [0.29, 0.717) is 17.9 Å². The minimum atomic E-state index is 0.433. The van der Waals surface area contributed by atoms with Crippen molar-refractivity contribution < 1.29 is 4.74 Å². The molecule has 1 fully saturated rings. The van der Waals surface area contributed by atoms with Crippen molar-refractivity contribution in [2.24, 2.45) is 0 Å². The second-order valence-corrected chi connectivity index (χ2v) is 3.26. The predicted molar refractivity (Wildman–Crippen MR) is 53.5 cm³/mol. The molecule has 1 saturated heterocycles. The van der Waals surface area contributed by atoms with Gasteiger partial charge < -0.3 is 15.4 Å². The zero-order valence-electron chi connectivity index (χ0n) is 8.16. The first-order chi connectivity index (χ1) is 6.88. The normalized spacial score (nSPS) is 20.8. The van der Waals surface area contributed by atoms with Gasteiger partial charge in [-0.1, -0.05) is 0 Å². The van der Waals surface area contributed by atoms with Crippen molar-refractivity contribution >= 4 is 5.95 Å². The Labute approximate surface area is 82.9 Å². The molecule has 1 aliphatic rings. The summed E-state index contributed by atoms with van der Waals surface area (Å²) in [4.78, 5) is 8.30. The van der Waals surface area contributed by atoms with Gasteiger partial charge in [0.15, 0.2) is 0 Å². The van der Waals surface area contributed by atoms with Gasteiger partial charge >= 0.3 is 0 Å². The Morgan fingerprint density at radius 3 is 3.29 bits per heavy atom. The van der Waals surface area contributed by atoms with Crippen LogP contribution in [0.1, 0.15) is 6.42 Å². The van der Waals surface area contributed by atoms with E-state index in [2.05, 4.69) is 20.6 Å². The maximum absolute atomic E-state index is 5.01. The Morgan fingerprint density at radius 1 is 1.64 bits per heavy atom. The molecular weight excluding hydrogens is 180 g/mol. The number of aromatic nitrogens is 2. The molecule has 1 aliphatic heterocycles. The van der Waals surface area contributed by atoms with Crippen molar-refractivity contribution in [2.75, 3.05) is 25.5 Å². The molecule has 1 atom stereocenters. The molecule has 2 rings (SSSR count). The molecule has 0 aliphatic carbocycles. The third kappa shape index (κ3) is 2.11. The average Bonchev–Trinajstić information content (AvgIpc) is 2.71. The molecular formula is C9H14N4O. The first-order valence-corrected chi connectivity index (χ1v) is 4.73. The van der Waals surface area contributed by atoms with Crippen LogP contribution in [-0.2, 0) is 0 Å². The minimum Gasteiger partial charge on any atom is -0.481 e. The van der Waals surface area contributed by atoms with Gasteiger partial charge in [0.25, 0.3) is 0 Å². The number of methoxy groups -OCH3 is 1. The molecule has 2 heterocycles. The molecule has 1 aromatic rings. The molecule has 0 bridgehead atoms. The number of anilines is 1. The van der Waals surface area contributed by atoms with Gasteiger partial charge in [0, 0.05) is 24.8 Å². The lowest BCUT2D eigenvalue weighted by Gasteiger charge is -2.10. The summed E-state index contributed by atoms with van der Waals surface area (Å²) in [5, 5.41) is 6.52. The monoisotopic (exact) mass is 194 g/mol. The van der Waals surface area contributed by atoms with Crippen molar-refractivity contribution in [2.45, 2.75) is 12.5 Å². The van der Waals surface area contributed by atoms with E-state index >= 15 is 0 Å². The Balaban J connectivity index is 2.00. The Hall–Kier alpha value is -1.36. The quantitative estimate of drug-likeness (QED) is 0.722. The highest BCUT2D eigenvalue weighted by Crippen LogP contribution is 2.10. The summed E-state index contributed by atoms with van der Waals surface area (Å²) in [6, 6.07) is 2.17. The van der Waals surface area contributed by atoms with Crippen LogP contribution in [0.15, 0.2) is 12.3 Å². The molecule has 0 amide bonds. The lowest BCUT2D eigenvalue weighted by atomic mass is 10.3. The summed E-state index contributed by atoms with van der Waals surface area (Å²) < 4.78 is 5.01. The van der Waals surface area contributed by atoms with E-state index in [4.69, 9.17) is 4.74 Å². The molecule has 14 heavy (non-hydrogen) atoms. The first kappa shape index (κ1) is 9.21. The Bertz CT molecular complexity index is 299. The lowest BCUT2D eigenvalue weighted by Crippen LogP contribution is -2.23. The van der Waals surface area contributed by atoms with Gasteiger partial charge in [-0.2, -0.15) is 4.98 Å². The summed E-state index contributed by atoms with van der Waals surface area (Å²) in [6.45, 7) is 2.03. The van der Waals surface area contributed by atoms with Crippen LogP contribution < -0.4 is 15.4 Å². The third-order valence-corrected chi connectivity index (χ3v) is 2.23. The molecule has 0 radical (unpaired) electrons. The molecule has 1 unspecified atom stereocenters. The number of hydrogen-bond donors (Lipinski definition) is 2. The molecule has 0 spiro atoms. The zero-order valence-corrected chi connectivity index (χ0v) is 8.16. The van der Waals surface area contributed by atoms with Crippen LogP contribution in [0.2, 0.25) is 0 Å². The van der Waals surface area contributed by atoms with Crippen molar-refractivity contribution in [3.05, 3.63) is 12.3 Å². The van der Waals surface area contributed by atoms with Crippen LogP contribution in [-0.4, -0.2) is 36.2 Å². The molecule has 0 aromatic carbocycles. The van der Waals surface area contributed by atoms with E-state index in [1.54, 1.807) is 19.4 Å². The Kier molecular flexibility index (Phi) is 2.78. The van der Waals surface area contributed by atoms with Gasteiger partial charge in [0.1, 0.15) is 0 Å². The summed E-state index contributed by atoms with van der Waals surface area (Å²) in [6.07, 6.45) is 2.80. The summed E-state index contributed by atoms with van der Waals surface area (Å²) in [5.74, 6) is 1.23. The summed E-state index contributed by atoms with van der Waals surface area (Å²) >= 11 is 0. The maximum Gasteiger partial charge on any atom is 0.226 e. The fourth-order valence-corrected chi connectivity index (χ4v) is 1.49. The highest BCUT2D eigenvalue weighted by molar-refractivity contribution is 5.29. The van der Waals surface area contributed by atoms with Crippen molar-refractivity contribution in [3.63, 3.8) is 0 Å². The van der Waals surface area contributed by atoms with Gasteiger partial charge in [0.2, 0.25) is 11.8 Å². The largest absolute Gasteiger partial charge is 0.481 e. The summed E-state index contributed by atoms with van der Waals surface area (Å²) in [7, 11) is 1.60. The SMILES string of the molecule is COc1ccnc(NC2CCNC2)n1. The minimum absolute atomic E-state index is 0.433. The molecule has 76 valence electrons. The molecule has 5 heteroatoms. The van der Waals surface area contributed by atoms with E-state index in [0.717, 1.165) is 19.5 Å². The van der Waals surface area contributed by atoms with E-state index in [9.17, 15) is 0 Å². The van der Waals surface area contributed by atoms with Crippen molar-refractivity contribution in [1.29, 1.82) is 0 Å². The van der Waals surface area contributed by atoms with Gasteiger partial charge in [0.05, 0.1) is 7.11 Å². The highest BCUT2D eigenvalue weighted by atomic mass is 16.5. The van der Waals surface area contributed by atoms with Crippen molar-refractivity contribution in [1.82, 2.24) is 15.3 Å². The second-order valence-electron chi connectivity index (χ2n) is 3.26. The first-order valence-electron chi connectivity index (χ1n) is 4.73. The predicted octanol–water partition coefficient (Wildman–Crippen LogP) is 0.259. The van der Waals surface area contributed by atoms with Crippen LogP contribution in [0.3, 0.4) is 0 Å². The lowest BCUT2D eigenvalue weighted by molar-refractivity contribution is 0.397. The van der Waals surface area contributed by atoms with Gasteiger partial charge in [-0.25, -0.2) is 4.98 Å². The van der Waals surface area contributed by atoms with Crippen LogP contribution >= 0.6 is 0 Å². The van der Waals surface area contributed by atoms with Crippen LogP contribution in [0, 0.1) is 0 Å². The fourth-order valence-electron chi connectivity index (χ4n) is 1.49. The third-order valence-electron chi connectivity index (χ3n) is 2.23. The van der Waals surface area contributed by atoms with E-state index in [1.165, 1.54) is 0 Å². The molecule has 2 N–H and O–H groups in total. The van der Waals surface area contributed by atoms with E-state index in [-0.39, 0.29) is 0 Å². The number of ether oxygens (including phenoxy) is 1. The average molecular weight is 194 g/mol. The van der Waals surface area contributed by atoms with Crippen LogP contribution in [0.25, 0.3) is 0 Å². The number of nitrogens with one attached hydrogen (secondary N) is 2. The number of nitrogens with zero attached hydrogens (tertiary/aromatic N) is 2. The maximum atomic E-state index is 5.01. The zero-order chi connectivity index (χ0) is 9.80. The molecule has 5 nitrogen and oxygen atoms in total. The van der Waals surface area contributed by atoms with Gasteiger partial charge in [-0.3, -0.25) is 0 Å². The standard InChI is InChI=1S/C9H14N4O/c1-14-8-3-5-11-9(13-8)12-7-2-4-10-6-7/h3,5,7,10H,2,4,6H2,1H3,(H,11,12,13). The smallest absolute Gasteiger partial charge is 0.226 e. The van der Waals surface area contributed by atoms with Crippen molar-refractivity contribution in [3.8, 4) is 5.88 Å². The molecule has 0 saturated carbocycles. The topological polar surface area (TPSA) is 59.1 Å². The number of hydrogen-bond acceptors (Lipinski definition) is 5. The van der Waals surface area contributed by atoms with E-state index < -0.39 is 0 Å². The second kappa shape index (κ2) is 4.23. The van der Waals surface area contributed by atoms with E-state index in [1.807, 2.05) is 0 Å². The molecule has 1 aromatic heterocycles. The fraction of sp³-hybridized carbons (Fsp3) is 0.556. The Morgan fingerprint density at radius 2 is 2.57 bits per heavy atom. The van der Waals surface area contributed by atoms with Crippen LogP contribution in [0.4, 0.5) is 5.95 Å². The summed E-state index contributed by atoms with van der Waals surface area (Å²) in [5.41, 5.74) is 0.